The van der Waals surface area contributed by atoms with Gasteiger partial charge in [-0.25, -0.2) is 9.97 Å². The third kappa shape index (κ3) is 2.00. The van der Waals surface area contributed by atoms with E-state index in [-0.39, 0.29) is 0 Å². The molecule has 0 unspecified atom stereocenters. The van der Waals surface area contributed by atoms with Crippen molar-refractivity contribution in [3.05, 3.63) is 40.5 Å². The van der Waals surface area contributed by atoms with Gasteiger partial charge in [0.15, 0.2) is 5.75 Å². The molecular weight excluding hydrogens is 270 g/mol. The fourth-order valence-electron chi connectivity index (χ4n) is 2.07. The van der Waals surface area contributed by atoms with Crippen molar-refractivity contribution in [1.29, 1.82) is 0 Å². The number of fused-ring (bicyclic) bond motifs is 1. The summed E-state index contributed by atoms with van der Waals surface area (Å²) in [4.78, 5) is 10.7. The number of thiophene rings is 1. The number of para-hydroxylation sites is 1. The third-order valence-electron chi connectivity index (χ3n) is 3.42. The van der Waals surface area contributed by atoms with Gasteiger partial charge in [-0.3, -0.25) is 0 Å². The normalized spacial score (nSPS) is 10.9. The second-order valence-electron chi connectivity index (χ2n) is 4.73. The molecule has 3 aromatic rings. The predicted octanol–water partition coefficient (Wildman–Crippen LogP) is 3.99. The smallest absolute Gasteiger partial charge is 0.231 e. The van der Waals surface area contributed by atoms with E-state index in [4.69, 9.17) is 10.5 Å². The molecule has 2 aromatic heterocycles. The summed E-state index contributed by atoms with van der Waals surface area (Å²) in [6.45, 7) is 6.09. The Hall–Kier alpha value is -2.14. The summed E-state index contributed by atoms with van der Waals surface area (Å²) in [5, 5.41) is 0.968. The van der Waals surface area contributed by atoms with Crippen LogP contribution in [0.4, 0.5) is 5.69 Å². The minimum atomic E-state index is 0.564. The van der Waals surface area contributed by atoms with Gasteiger partial charge in [0.1, 0.15) is 11.2 Å². The molecule has 0 atom stereocenters. The average molecular weight is 285 g/mol. The SMILES string of the molecule is Cc1cccc(Oc2ncnc3sc(C)c(C)c23)c1N. The first-order valence-corrected chi connectivity index (χ1v) is 7.13. The number of aryl methyl sites for hydroxylation is 3. The lowest BCUT2D eigenvalue weighted by Crippen LogP contribution is -1.96. The van der Waals surface area contributed by atoms with Crippen molar-refractivity contribution in [1.82, 2.24) is 9.97 Å². The van der Waals surface area contributed by atoms with Crippen LogP contribution in [0.3, 0.4) is 0 Å². The van der Waals surface area contributed by atoms with Gasteiger partial charge in [-0.1, -0.05) is 12.1 Å². The Bertz CT molecular complexity index is 795. The molecule has 4 nitrogen and oxygen atoms in total. The van der Waals surface area contributed by atoms with E-state index >= 15 is 0 Å². The molecule has 0 saturated carbocycles. The van der Waals surface area contributed by atoms with E-state index in [1.807, 2.05) is 25.1 Å². The molecule has 102 valence electrons. The summed E-state index contributed by atoms with van der Waals surface area (Å²) in [5.41, 5.74) is 8.85. The molecule has 0 aliphatic rings. The molecule has 0 fully saturated rings. The number of ether oxygens (including phenoxy) is 1. The molecule has 3 rings (SSSR count). The first-order chi connectivity index (χ1) is 9.58. The quantitative estimate of drug-likeness (QED) is 0.723. The van der Waals surface area contributed by atoms with Crippen molar-refractivity contribution in [2.24, 2.45) is 0 Å². The zero-order valence-electron chi connectivity index (χ0n) is 11.6. The first kappa shape index (κ1) is 12.9. The van der Waals surface area contributed by atoms with Gasteiger partial charge in [-0.2, -0.15) is 0 Å². The molecule has 0 bridgehead atoms. The van der Waals surface area contributed by atoms with Crippen molar-refractivity contribution >= 4 is 27.2 Å². The van der Waals surface area contributed by atoms with Gasteiger partial charge in [0.05, 0.1) is 11.1 Å². The Morgan fingerprint density at radius 1 is 1.15 bits per heavy atom. The Balaban J connectivity index is 2.13. The summed E-state index contributed by atoms with van der Waals surface area (Å²) < 4.78 is 5.93. The highest BCUT2D eigenvalue weighted by molar-refractivity contribution is 7.18. The monoisotopic (exact) mass is 285 g/mol. The van der Waals surface area contributed by atoms with Gasteiger partial charge < -0.3 is 10.5 Å². The van der Waals surface area contributed by atoms with E-state index in [9.17, 15) is 0 Å². The first-order valence-electron chi connectivity index (χ1n) is 6.31. The van der Waals surface area contributed by atoms with Crippen molar-refractivity contribution in [2.45, 2.75) is 20.8 Å². The second-order valence-corrected chi connectivity index (χ2v) is 5.93. The van der Waals surface area contributed by atoms with Crippen LogP contribution in [-0.4, -0.2) is 9.97 Å². The van der Waals surface area contributed by atoms with Crippen molar-refractivity contribution in [3.63, 3.8) is 0 Å². The molecular formula is C15H15N3OS. The molecule has 0 radical (unpaired) electrons. The molecule has 1 aromatic carbocycles. The van der Waals surface area contributed by atoms with Crippen LogP contribution in [0, 0.1) is 20.8 Å². The van der Waals surface area contributed by atoms with Crippen LogP contribution in [-0.2, 0) is 0 Å². The number of nitrogens with zero attached hydrogens (tertiary/aromatic N) is 2. The molecule has 20 heavy (non-hydrogen) atoms. The van der Waals surface area contributed by atoms with E-state index in [1.165, 1.54) is 11.2 Å². The lowest BCUT2D eigenvalue weighted by Gasteiger charge is -2.10. The predicted molar refractivity (Wildman–Crippen MR) is 82.6 cm³/mol. The van der Waals surface area contributed by atoms with Gasteiger partial charge in [0.25, 0.3) is 0 Å². The molecule has 2 heterocycles. The Morgan fingerprint density at radius 3 is 2.75 bits per heavy atom. The number of hydrogen-bond donors (Lipinski definition) is 1. The van der Waals surface area contributed by atoms with Crippen molar-refractivity contribution < 1.29 is 4.74 Å². The minimum absolute atomic E-state index is 0.564. The molecule has 0 aliphatic carbocycles. The van der Waals surface area contributed by atoms with E-state index in [2.05, 4.69) is 23.8 Å². The second kappa shape index (κ2) is 4.76. The number of aromatic nitrogens is 2. The fraction of sp³-hybridized carbons (Fsp3) is 0.200. The number of hydrogen-bond acceptors (Lipinski definition) is 5. The lowest BCUT2D eigenvalue weighted by atomic mass is 10.2. The maximum absolute atomic E-state index is 6.05. The van der Waals surface area contributed by atoms with Crippen LogP contribution in [0.5, 0.6) is 11.6 Å². The standard InChI is InChI=1S/C15H15N3OS/c1-8-5-4-6-11(13(8)16)19-14-12-9(2)10(3)20-15(12)18-7-17-14/h4-7H,16H2,1-3H3. The summed E-state index contributed by atoms with van der Waals surface area (Å²) in [5.74, 6) is 1.20. The Labute approximate surface area is 121 Å². The maximum atomic E-state index is 6.05. The van der Waals surface area contributed by atoms with Crippen LogP contribution in [0.25, 0.3) is 10.2 Å². The topological polar surface area (TPSA) is 61.0 Å². The minimum Gasteiger partial charge on any atom is -0.436 e. The summed E-state index contributed by atoms with van der Waals surface area (Å²) in [6.07, 6.45) is 1.53. The van der Waals surface area contributed by atoms with Gasteiger partial charge >= 0.3 is 0 Å². The van der Waals surface area contributed by atoms with Crippen LogP contribution in [0.2, 0.25) is 0 Å². The zero-order valence-corrected chi connectivity index (χ0v) is 12.4. The van der Waals surface area contributed by atoms with E-state index in [0.29, 0.717) is 17.3 Å². The van der Waals surface area contributed by atoms with Crippen LogP contribution in [0.1, 0.15) is 16.0 Å². The maximum Gasteiger partial charge on any atom is 0.231 e. The highest BCUT2D eigenvalue weighted by atomic mass is 32.1. The molecule has 0 amide bonds. The average Bonchev–Trinajstić information content (AvgIpc) is 2.72. The lowest BCUT2D eigenvalue weighted by molar-refractivity contribution is 0.470. The summed E-state index contributed by atoms with van der Waals surface area (Å²) in [6, 6.07) is 5.73. The van der Waals surface area contributed by atoms with Crippen LogP contribution >= 0.6 is 11.3 Å². The molecule has 2 N–H and O–H groups in total. The fourth-order valence-corrected chi connectivity index (χ4v) is 3.06. The molecule has 0 spiro atoms. The van der Waals surface area contributed by atoms with Gasteiger partial charge in [-0.15, -0.1) is 11.3 Å². The van der Waals surface area contributed by atoms with Crippen LogP contribution < -0.4 is 10.5 Å². The zero-order chi connectivity index (χ0) is 14.3. The molecule has 5 heteroatoms. The highest BCUT2D eigenvalue weighted by Gasteiger charge is 2.14. The summed E-state index contributed by atoms with van der Waals surface area (Å²) in [7, 11) is 0. The number of anilines is 1. The van der Waals surface area contributed by atoms with E-state index in [1.54, 1.807) is 11.3 Å². The number of rotatable bonds is 2. The van der Waals surface area contributed by atoms with Crippen LogP contribution in [0.15, 0.2) is 24.5 Å². The molecule has 0 saturated heterocycles. The van der Waals surface area contributed by atoms with Crippen molar-refractivity contribution in [2.75, 3.05) is 5.73 Å². The molecule has 0 aliphatic heterocycles. The number of nitrogen functional groups attached to an aromatic ring is 1. The summed E-state index contributed by atoms with van der Waals surface area (Å²) >= 11 is 1.65. The third-order valence-corrected chi connectivity index (χ3v) is 4.54. The van der Waals surface area contributed by atoms with Gasteiger partial charge in [0.2, 0.25) is 5.88 Å². The highest BCUT2D eigenvalue weighted by Crippen LogP contribution is 2.37. The van der Waals surface area contributed by atoms with Gasteiger partial charge in [-0.05, 0) is 38.0 Å². The number of benzene rings is 1. The largest absolute Gasteiger partial charge is 0.436 e. The number of nitrogens with two attached hydrogens (primary N) is 1. The van der Waals surface area contributed by atoms with E-state index < -0.39 is 0 Å². The Morgan fingerprint density at radius 2 is 1.95 bits per heavy atom. The Kier molecular flexibility index (Phi) is 3.06. The van der Waals surface area contributed by atoms with Gasteiger partial charge in [0, 0.05) is 4.88 Å². The van der Waals surface area contributed by atoms with Crippen molar-refractivity contribution in [3.8, 4) is 11.6 Å². The van der Waals surface area contributed by atoms with E-state index in [0.717, 1.165) is 21.3 Å².